The third-order valence-electron chi connectivity index (χ3n) is 3.38. The molecule has 1 fully saturated rings. The highest BCUT2D eigenvalue weighted by Crippen LogP contribution is 2.31. The maximum Gasteiger partial charge on any atom is 0.222 e. The number of nitrogens with two attached hydrogens (primary N) is 1. The van der Waals surface area contributed by atoms with Crippen LogP contribution < -0.4 is 10.6 Å². The normalized spacial score (nSPS) is 20.2. The van der Waals surface area contributed by atoms with Gasteiger partial charge in [0.1, 0.15) is 0 Å². The van der Waals surface area contributed by atoms with E-state index in [0.717, 1.165) is 30.0 Å². The number of nitrogens with zero attached hydrogens (tertiary/aromatic N) is 2. The van der Waals surface area contributed by atoms with Crippen molar-refractivity contribution in [1.82, 2.24) is 4.98 Å². The molecule has 2 N–H and O–H groups in total. The largest absolute Gasteiger partial charge is 0.369 e. The zero-order valence-corrected chi connectivity index (χ0v) is 10.8. The molecule has 1 amide bonds. The zero-order valence-electron chi connectivity index (χ0n) is 10.0. The number of benzene rings is 1. The molecule has 1 aliphatic rings. The number of aromatic nitrogens is 1. The number of carbonyl (C=O) groups excluding carboxylic acids is 1. The van der Waals surface area contributed by atoms with Crippen LogP contribution in [0.15, 0.2) is 24.3 Å². The van der Waals surface area contributed by atoms with Crippen molar-refractivity contribution >= 4 is 32.6 Å². The first-order chi connectivity index (χ1) is 8.74. The average molecular weight is 261 g/mol. The maximum atomic E-state index is 11.3. The molecule has 2 heterocycles. The van der Waals surface area contributed by atoms with Crippen molar-refractivity contribution in [2.45, 2.75) is 12.8 Å². The first-order valence-electron chi connectivity index (χ1n) is 6.14. The Kier molecular flexibility index (Phi) is 2.91. The van der Waals surface area contributed by atoms with E-state index in [4.69, 9.17) is 5.73 Å². The molecule has 5 heteroatoms. The molecule has 3 rings (SSSR count). The molecule has 0 unspecified atom stereocenters. The van der Waals surface area contributed by atoms with Crippen LogP contribution in [0, 0.1) is 5.92 Å². The summed E-state index contributed by atoms with van der Waals surface area (Å²) in [5, 5.41) is 1.00. The Bertz CT molecular complexity index is 547. The van der Waals surface area contributed by atoms with E-state index in [2.05, 4.69) is 16.0 Å². The van der Waals surface area contributed by atoms with Gasteiger partial charge in [0.15, 0.2) is 5.13 Å². The number of hydrogen-bond acceptors (Lipinski definition) is 4. The third kappa shape index (κ3) is 2.06. The van der Waals surface area contributed by atoms with Crippen molar-refractivity contribution in [3.8, 4) is 0 Å². The van der Waals surface area contributed by atoms with E-state index < -0.39 is 0 Å². The number of amides is 1. The maximum absolute atomic E-state index is 11.3. The van der Waals surface area contributed by atoms with Crippen molar-refractivity contribution < 1.29 is 4.79 Å². The minimum atomic E-state index is -0.194. The molecule has 94 valence electrons. The van der Waals surface area contributed by atoms with Gasteiger partial charge in [-0.05, 0) is 25.0 Å². The zero-order chi connectivity index (χ0) is 12.5. The number of piperidine rings is 1. The summed E-state index contributed by atoms with van der Waals surface area (Å²) in [5.74, 6) is -0.230. The highest BCUT2D eigenvalue weighted by molar-refractivity contribution is 7.22. The number of hydrogen-bond donors (Lipinski definition) is 1. The van der Waals surface area contributed by atoms with E-state index in [1.54, 1.807) is 11.3 Å². The lowest BCUT2D eigenvalue weighted by atomic mass is 9.98. The molecule has 0 aliphatic carbocycles. The smallest absolute Gasteiger partial charge is 0.222 e. The second-order valence-corrected chi connectivity index (χ2v) is 5.66. The topological polar surface area (TPSA) is 59.2 Å². The number of primary amides is 1. The van der Waals surface area contributed by atoms with Crippen molar-refractivity contribution in [3.63, 3.8) is 0 Å². The lowest BCUT2D eigenvalue weighted by Crippen LogP contribution is -2.41. The molecular weight excluding hydrogens is 246 g/mol. The summed E-state index contributed by atoms with van der Waals surface area (Å²) in [6.07, 6.45) is 1.90. The van der Waals surface area contributed by atoms with Crippen molar-refractivity contribution in [2.24, 2.45) is 11.7 Å². The van der Waals surface area contributed by atoms with Gasteiger partial charge in [-0.1, -0.05) is 23.5 Å². The van der Waals surface area contributed by atoms with Crippen molar-refractivity contribution in [1.29, 1.82) is 0 Å². The molecule has 0 bridgehead atoms. The predicted octanol–water partition coefficient (Wildman–Crippen LogP) is 2.00. The van der Waals surface area contributed by atoms with Crippen LogP contribution in [0.1, 0.15) is 12.8 Å². The molecule has 1 aromatic heterocycles. The van der Waals surface area contributed by atoms with E-state index in [1.165, 1.54) is 4.70 Å². The first-order valence-corrected chi connectivity index (χ1v) is 6.95. The SMILES string of the molecule is NC(=O)[C@H]1CCCN(c2nc3ccccc3s2)C1. The summed E-state index contributed by atoms with van der Waals surface area (Å²) in [6, 6.07) is 8.11. The van der Waals surface area contributed by atoms with Crippen LogP contribution in [-0.4, -0.2) is 24.0 Å². The van der Waals surface area contributed by atoms with Gasteiger partial charge in [0, 0.05) is 13.1 Å². The van der Waals surface area contributed by atoms with Gasteiger partial charge in [-0.2, -0.15) is 0 Å². The Labute approximate surface area is 109 Å². The van der Waals surface area contributed by atoms with Crippen LogP contribution in [-0.2, 0) is 4.79 Å². The van der Waals surface area contributed by atoms with E-state index >= 15 is 0 Å². The molecule has 1 saturated heterocycles. The Morgan fingerprint density at radius 2 is 2.28 bits per heavy atom. The average Bonchev–Trinajstić information content (AvgIpc) is 2.82. The van der Waals surface area contributed by atoms with Crippen LogP contribution in [0.25, 0.3) is 10.2 Å². The molecule has 1 atom stereocenters. The molecule has 4 nitrogen and oxygen atoms in total. The summed E-state index contributed by atoms with van der Waals surface area (Å²) in [6.45, 7) is 1.67. The van der Waals surface area contributed by atoms with Gasteiger partial charge < -0.3 is 10.6 Å². The van der Waals surface area contributed by atoms with Gasteiger partial charge in [0.05, 0.1) is 16.1 Å². The highest BCUT2D eigenvalue weighted by Gasteiger charge is 2.25. The monoisotopic (exact) mass is 261 g/mol. The van der Waals surface area contributed by atoms with Crippen LogP contribution in [0.2, 0.25) is 0 Å². The summed E-state index contributed by atoms with van der Waals surface area (Å²) < 4.78 is 1.19. The third-order valence-corrected chi connectivity index (χ3v) is 4.47. The molecule has 1 aliphatic heterocycles. The predicted molar refractivity (Wildman–Crippen MR) is 73.8 cm³/mol. The lowest BCUT2D eigenvalue weighted by molar-refractivity contribution is -0.122. The van der Waals surface area contributed by atoms with E-state index in [1.807, 2.05) is 18.2 Å². The fraction of sp³-hybridized carbons (Fsp3) is 0.385. The van der Waals surface area contributed by atoms with Gasteiger partial charge in [-0.25, -0.2) is 4.98 Å². The lowest BCUT2D eigenvalue weighted by Gasteiger charge is -2.30. The van der Waals surface area contributed by atoms with Crippen molar-refractivity contribution in [3.05, 3.63) is 24.3 Å². The molecule has 1 aromatic carbocycles. The van der Waals surface area contributed by atoms with Crippen LogP contribution in [0.4, 0.5) is 5.13 Å². The van der Waals surface area contributed by atoms with Gasteiger partial charge in [-0.3, -0.25) is 4.79 Å². The number of thiazole rings is 1. The number of fused-ring (bicyclic) bond motifs is 1. The van der Waals surface area contributed by atoms with E-state index in [-0.39, 0.29) is 11.8 Å². The second kappa shape index (κ2) is 4.57. The van der Waals surface area contributed by atoms with E-state index in [0.29, 0.717) is 6.54 Å². The Hall–Kier alpha value is -1.62. The standard InChI is InChI=1S/C13H15N3OS/c14-12(17)9-4-3-7-16(8-9)13-15-10-5-1-2-6-11(10)18-13/h1-2,5-6,9H,3-4,7-8H2,(H2,14,17)/t9-/m0/s1. The van der Waals surface area contributed by atoms with Crippen LogP contribution >= 0.6 is 11.3 Å². The number of carbonyl (C=O) groups is 1. The summed E-state index contributed by atoms with van der Waals surface area (Å²) in [4.78, 5) is 18.1. The Balaban J connectivity index is 1.87. The minimum Gasteiger partial charge on any atom is -0.369 e. The second-order valence-electron chi connectivity index (χ2n) is 4.65. The van der Waals surface area contributed by atoms with Gasteiger partial charge in [0.2, 0.25) is 5.91 Å². The first kappa shape index (κ1) is 11.5. The Morgan fingerprint density at radius 1 is 1.44 bits per heavy atom. The fourth-order valence-electron chi connectivity index (χ4n) is 2.38. The number of anilines is 1. The number of para-hydroxylation sites is 1. The summed E-state index contributed by atoms with van der Waals surface area (Å²) in [7, 11) is 0. The van der Waals surface area contributed by atoms with Gasteiger partial charge >= 0.3 is 0 Å². The molecule has 2 aromatic rings. The van der Waals surface area contributed by atoms with Gasteiger partial charge in [-0.15, -0.1) is 0 Å². The highest BCUT2D eigenvalue weighted by atomic mass is 32.1. The molecule has 0 spiro atoms. The van der Waals surface area contributed by atoms with E-state index in [9.17, 15) is 4.79 Å². The molecular formula is C13H15N3OS. The molecule has 18 heavy (non-hydrogen) atoms. The van der Waals surface area contributed by atoms with Gasteiger partial charge in [0.25, 0.3) is 0 Å². The fourth-order valence-corrected chi connectivity index (χ4v) is 3.38. The Morgan fingerprint density at radius 3 is 3.06 bits per heavy atom. The minimum absolute atomic E-state index is 0.0363. The summed E-state index contributed by atoms with van der Waals surface area (Å²) >= 11 is 1.68. The van der Waals surface area contributed by atoms with Crippen LogP contribution in [0.5, 0.6) is 0 Å². The van der Waals surface area contributed by atoms with Crippen molar-refractivity contribution in [2.75, 3.05) is 18.0 Å². The van der Waals surface area contributed by atoms with Crippen LogP contribution in [0.3, 0.4) is 0 Å². The molecule has 0 radical (unpaired) electrons. The number of rotatable bonds is 2. The molecule has 0 saturated carbocycles. The quantitative estimate of drug-likeness (QED) is 0.899. The summed E-state index contributed by atoms with van der Waals surface area (Å²) in [5.41, 5.74) is 6.43.